The summed E-state index contributed by atoms with van der Waals surface area (Å²) >= 11 is 0. The first-order chi connectivity index (χ1) is 13.3. The van der Waals surface area contributed by atoms with Crippen LogP contribution in [0, 0.1) is 0 Å². The van der Waals surface area contributed by atoms with Gasteiger partial charge in [-0.1, -0.05) is 30.3 Å². The molecule has 1 atom stereocenters. The lowest BCUT2D eigenvalue weighted by atomic mass is 10.1. The minimum absolute atomic E-state index is 0.0346. The summed E-state index contributed by atoms with van der Waals surface area (Å²) in [6, 6.07) is 18.0. The fourth-order valence-corrected chi connectivity index (χ4v) is 3.10. The summed E-state index contributed by atoms with van der Waals surface area (Å²) in [6.45, 7) is 2.72. The second-order valence-corrected chi connectivity index (χ2v) is 6.31. The van der Waals surface area contributed by atoms with Crippen molar-refractivity contribution in [2.75, 3.05) is 0 Å². The van der Waals surface area contributed by atoms with Gasteiger partial charge in [-0.15, -0.1) is 0 Å². The molecule has 5 nitrogen and oxygen atoms in total. The molecule has 0 aliphatic carbocycles. The van der Waals surface area contributed by atoms with E-state index in [0.717, 1.165) is 28.3 Å². The van der Waals surface area contributed by atoms with Gasteiger partial charge in [0.15, 0.2) is 0 Å². The highest BCUT2D eigenvalue weighted by Crippen LogP contribution is 2.31. The van der Waals surface area contributed by atoms with Crippen LogP contribution >= 0.6 is 0 Å². The number of nitrogens with zero attached hydrogens (tertiary/aromatic N) is 4. The van der Waals surface area contributed by atoms with Gasteiger partial charge in [0.05, 0.1) is 30.5 Å². The van der Waals surface area contributed by atoms with Gasteiger partial charge in [-0.05, 0) is 31.2 Å². The number of rotatable bonds is 6. The number of pyridine rings is 2. The van der Waals surface area contributed by atoms with Crippen LogP contribution in [0.2, 0.25) is 0 Å². The Bertz CT molecular complexity index is 985. The number of imidazole rings is 1. The fraction of sp³-hybridized carbons (Fsp3) is 0.136. The Labute approximate surface area is 158 Å². The SMILES string of the molecule is C[C@@H](Cn1cnc(-c2ccccc2)c1-c1ccncc1)Oc1cccnc1. The molecule has 0 fully saturated rings. The lowest BCUT2D eigenvalue weighted by Crippen LogP contribution is -2.19. The number of ether oxygens (including phenoxy) is 1. The standard InChI is InChI=1S/C22H20N4O/c1-17(27-20-8-5-11-24-14-20)15-26-16-25-21(18-6-3-2-4-7-18)22(26)19-9-12-23-13-10-19/h2-14,16-17H,15H2,1H3/t17-/m0/s1. The molecule has 4 rings (SSSR count). The monoisotopic (exact) mass is 356 g/mol. The molecule has 27 heavy (non-hydrogen) atoms. The van der Waals surface area contributed by atoms with Gasteiger partial charge in [-0.2, -0.15) is 0 Å². The molecule has 1 aromatic carbocycles. The van der Waals surface area contributed by atoms with E-state index in [4.69, 9.17) is 9.72 Å². The van der Waals surface area contributed by atoms with E-state index in [-0.39, 0.29) is 6.10 Å². The highest BCUT2D eigenvalue weighted by molar-refractivity contribution is 5.78. The Morgan fingerprint density at radius 1 is 0.889 bits per heavy atom. The maximum atomic E-state index is 6.00. The Kier molecular flexibility index (Phi) is 4.92. The topological polar surface area (TPSA) is 52.8 Å². The molecule has 0 radical (unpaired) electrons. The predicted molar refractivity (Wildman–Crippen MR) is 105 cm³/mol. The molecule has 3 heterocycles. The average molecular weight is 356 g/mol. The summed E-state index contributed by atoms with van der Waals surface area (Å²) in [5, 5.41) is 0. The summed E-state index contributed by atoms with van der Waals surface area (Å²) in [5.41, 5.74) is 4.18. The van der Waals surface area contributed by atoms with Crippen LogP contribution in [0.5, 0.6) is 5.75 Å². The van der Waals surface area contributed by atoms with Crippen molar-refractivity contribution in [3.05, 3.63) is 85.7 Å². The van der Waals surface area contributed by atoms with Gasteiger partial charge in [0.25, 0.3) is 0 Å². The molecule has 0 bridgehead atoms. The molecule has 0 N–H and O–H groups in total. The van der Waals surface area contributed by atoms with Gasteiger partial charge >= 0.3 is 0 Å². The molecule has 0 saturated carbocycles. The zero-order chi connectivity index (χ0) is 18.5. The first kappa shape index (κ1) is 17.0. The molecule has 4 aromatic rings. The van der Waals surface area contributed by atoms with Gasteiger partial charge in [-0.25, -0.2) is 4.98 Å². The summed E-state index contributed by atoms with van der Waals surface area (Å²) < 4.78 is 8.14. The summed E-state index contributed by atoms with van der Waals surface area (Å²) in [4.78, 5) is 12.9. The van der Waals surface area contributed by atoms with Crippen molar-refractivity contribution >= 4 is 0 Å². The summed E-state index contributed by atoms with van der Waals surface area (Å²) in [6.07, 6.45) is 8.91. The van der Waals surface area contributed by atoms with E-state index in [2.05, 4.69) is 26.7 Å². The smallest absolute Gasteiger partial charge is 0.138 e. The zero-order valence-electron chi connectivity index (χ0n) is 15.1. The lowest BCUT2D eigenvalue weighted by Gasteiger charge is -2.17. The second-order valence-electron chi connectivity index (χ2n) is 6.31. The molecular formula is C22H20N4O. The third kappa shape index (κ3) is 3.87. The second kappa shape index (κ2) is 7.83. The fourth-order valence-electron chi connectivity index (χ4n) is 3.10. The maximum Gasteiger partial charge on any atom is 0.138 e. The number of hydrogen-bond acceptors (Lipinski definition) is 4. The van der Waals surface area contributed by atoms with Crippen LogP contribution in [0.15, 0.2) is 85.7 Å². The molecule has 134 valence electrons. The molecule has 0 unspecified atom stereocenters. The molecular weight excluding hydrogens is 336 g/mol. The normalized spacial score (nSPS) is 11.9. The molecule has 0 amide bonds. The third-order valence-corrected chi connectivity index (χ3v) is 4.26. The van der Waals surface area contributed by atoms with E-state index in [1.807, 2.05) is 55.7 Å². The quantitative estimate of drug-likeness (QED) is 0.511. The number of hydrogen-bond donors (Lipinski definition) is 0. The number of benzene rings is 1. The first-order valence-electron chi connectivity index (χ1n) is 8.89. The minimum atomic E-state index is -0.0346. The van der Waals surface area contributed by atoms with Crippen LogP contribution in [0.3, 0.4) is 0 Å². The molecule has 5 heteroatoms. The van der Waals surface area contributed by atoms with Gasteiger partial charge in [0, 0.05) is 29.7 Å². The number of aromatic nitrogens is 4. The van der Waals surface area contributed by atoms with Crippen LogP contribution in [0.4, 0.5) is 0 Å². The van der Waals surface area contributed by atoms with E-state index in [9.17, 15) is 0 Å². The molecule has 0 aliphatic rings. The van der Waals surface area contributed by atoms with Crippen LogP contribution in [0.25, 0.3) is 22.5 Å². The molecule has 0 spiro atoms. The first-order valence-corrected chi connectivity index (χ1v) is 8.89. The molecule has 0 aliphatic heterocycles. The van der Waals surface area contributed by atoms with Crippen LogP contribution in [0.1, 0.15) is 6.92 Å². The van der Waals surface area contributed by atoms with Crippen molar-refractivity contribution in [3.63, 3.8) is 0 Å². The van der Waals surface area contributed by atoms with E-state index in [1.54, 1.807) is 24.8 Å². The van der Waals surface area contributed by atoms with Crippen LogP contribution in [-0.2, 0) is 6.54 Å². The van der Waals surface area contributed by atoms with Gasteiger partial charge in [0.1, 0.15) is 11.9 Å². The van der Waals surface area contributed by atoms with Crippen molar-refractivity contribution in [1.82, 2.24) is 19.5 Å². The van der Waals surface area contributed by atoms with E-state index in [0.29, 0.717) is 6.54 Å². The Morgan fingerprint density at radius 3 is 2.44 bits per heavy atom. The summed E-state index contributed by atoms with van der Waals surface area (Å²) in [7, 11) is 0. The zero-order valence-corrected chi connectivity index (χ0v) is 15.1. The third-order valence-electron chi connectivity index (χ3n) is 4.26. The van der Waals surface area contributed by atoms with E-state index < -0.39 is 0 Å². The van der Waals surface area contributed by atoms with Crippen molar-refractivity contribution in [3.8, 4) is 28.3 Å². The van der Waals surface area contributed by atoms with Gasteiger partial charge in [-0.3, -0.25) is 9.97 Å². The largest absolute Gasteiger partial charge is 0.487 e. The van der Waals surface area contributed by atoms with Gasteiger partial charge < -0.3 is 9.30 Å². The highest BCUT2D eigenvalue weighted by atomic mass is 16.5. The van der Waals surface area contributed by atoms with Crippen molar-refractivity contribution in [2.24, 2.45) is 0 Å². The molecule has 3 aromatic heterocycles. The van der Waals surface area contributed by atoms with E-state index >= 15 is 0 Å². The van der Waals surface area contributed by atoms with E-state index in [1.165, 1.54) is 0 Å². The Hall–Kier alpha value is -3.47. The lowest BCUT2D eigenvalue weighted by molar-refractivity contribution is 0.199. The summed E-state index contributed by atoms with van der Waals surface area (Å²) in [5.74, 6) is 0.763. The van der Waals surface area contributed by atoms with Crippen LogP contribution in [-0.4, -0.2) is 25.6 Å². The van der Waals surface area contributed by atoms with Gasteiger partial charge in [0.2, 0.25) is 0 Å². The maximum absolute atomic E-state index is 6.00. The van der Waals surface area contributed by atoms with Crippen molar-refractivity contribution in [2.45, 2.75) is 19.6 Å². The van der Waals surface area contributed by atoms with Crippen molar-refractivity contribution in [1.29, 1.82) is 0 Å². The van der Waals surface area contributed by atoms with Crippen LogP contribution < -0.4 is 4.74 Å². The average Bonchev–Trinajstić information content (AvgIpc) is 3.13. The van der Waals surface area contributed by atoms with Crippen molar-refractivity contribution < 1.29 is 4.74 Å². The Balaban J connectivity index is 1.67. The molecule has 0 saturated heterocycles. The Morgan fingerprint density at radius 2 is 1.70 bits per heavy atom. The predicted octanol–water partition coefficient (Wildman–Crippen LogP) is 4.47. The minimum Gasteiger partial charge on any atom is -0.487 e. The highest BCUT2D eigenvalue weighted by Gasteiger charge is 2.17.